The SMILES string of the molecule is CCCCCC1CCC(C2CCC(c3ccc(C(=O)O)c(F)c3-c3cc(F)c(F)c(F)c3)CC2)CC1. The Hall–Kier alpha value is -2.37. The Morgan fingerprint density at radius 2 is 1.42 bits per heavy atom. The number of hydrogen-bond acceptors (Lipinski definition) is 1. The van der Waals surface area contributed by atoms with E-state index in [1.165, 1.54) is 57.4 Å². The number of halogens is 4. The predicted octanol–water partition coefficient (Wildman–Crippen LogP) is 9.27. The van der Waals surface area contributed by atoms with Crippen molar-refractivity contribution in [3.8, 4) is 11.1 Å². The Balaban J connectivity index is 1.49. The van der Waals surface area contributed by atoms with Crippen molar-refractivity contribution in [2.75, 3.05) is 0 Å². The van der Waals surface area contributed by atoms with E-state index in [4.69, 9.17) is 0 Å². The summed E-state index contributed by atoms with van der Waals surface area (Å²) in [4.78, 5) is 11.5. The number of rotatable bonds is 8. The van der Waals surface area contributed by atoms with Gasteiger partial charge >= 0.3 is 5.97 Å². The molecular weight excluding hydrogens is 468 g/mol. The van der Waals surface area contributed by atoms with Crippen LogP contribution in [-0.4, -0.2) is 11.1 Å². The molecule has 0 aromatic heterocycles. The summed E-state index contributed by atoms with van der Waals surface area (Å²) in [6, 6.07) is 4.28. The van der Waals surface area contributed by atoms with Crippen LogP contribution in [0.15, 0.2) is 24.3 Å². The quantitative estimate of drug-likeness (QED) is 0.221. The largest absolute Gasteiger partial charge is 0.478 e. The third-order valence-corrected chi connectivity index (χ3v) is 8.66. The van der Waals surface area contributed by atoms with Crippen molar-refractivity contribution in [3.05, 3.63) is 58.7 Å². The molecule has 196 valence electrons. The van der Waals surface area contributed by atoms with E-state index >= 15 is 4.39 Å². The molecule has 2 aromatic rings. The molecule has 0 atom stereocenters. The van der Waals surface area contributed by atoms with Crippen LogP contribution in [0.1, 0.15) is 106 Å². The lowest BCUT2D eigenvalue weighted by molar-refractivity contribution is 0.0692. The van der Waals surface area contributed by atoms with Crippen molar-refractivity contribution in [3.63, 3.8) is 0 Å². The summed E-state index contributed by atoms with van der Waals surface area (Å²) in [5.41, 5.74) is -0.335. The van der Waals surface area contributed by atoms with Gasteiger partial charge in [0.15, 0.2) is 17.5 Å². The lowest BCUT2D eigenvalue weighted by atomic mass is 9.67. The van der Waals surface area contributed by atoms with Gasteiger partial charge in [0.05, 0.1) is 5.56 Å². The first kappa shape index (κ1) is 26.7. The van der Waals surface area contributed by atoms with Crippen molar-refractivity contribution in [2.45, 2.75) is 89.9 Å². The van der Waals surface area contributed by atoms with E-state index in [9.17, 15) is 23.1 Å². The molecule has 0 saturated heterocycles. The van der Waals surface area contributed by atoms with E-state index in [2.05, 4.69) is 6.92 Å². The summed E-state index contributed by atoms with van der Waals surface area (Å²) < 4.78 is 57.0. The molecule has 36 heavy (non-hydrogen) atoms. The first-order chi connectivity index (χ1) is 17.3. The molecule has 2 aliphatic rings. The number of carbonyl (C=O) groups is 1. The van der Waals surface area contributed by atoms with Gasteiger partial charge in [-0.05, 0) is 91.5 Å². The second-order valence-electron chi connectivity index (χ2n) is 10.8. The van der Waals surface area contributed by atoms with Crippen LogP contribution in [0, 0.1) is 41.0 Å². The average Bonchev–Trinajstić information content (AvgIpc) is 2.87. The van der Waals surface area contributed by atoms with E-state index in [-0.39, 0.29) is 17.0 Å². The summed E-state index contributed by atoms with van der Waals surface area (Å²) in [5.74, 6) is -4.81. The van der Waals surface area contributed by atoms with Gasteiger partial charge in [0.25, 0.3) is 0 Å². The van der Waals surface area contributed by atoms with Gasteiger partial charge in [0, 0.05) is 5.56 Å². The standard InChI is InChI=1S/C30H36F4O2/c1-2-3-4-5-18-6-8-19(9-7-18)20-10-12-21(13-11-20)23-14-15-24(30(35)36)28(33)27(23)22-16-25(31)29(34)26(32)17-22/h14-21H,2-13H2,1H3,(H,35,36). The molecule has 2 aliphatic carbocycles. The summed E-state index contributed by atoms with van der Waals surface area (Å²) in [5, 5.41) is 9.40. The molecule has 2 saturated carbocycles. The molecule has 0 aliphatic heterocycles. The van der Waals surface area contributed by atoms with Crippen LogP contribution in [0.25, 0.3) is 11.1 Å². The summed E-state index contributed by atoms with van der Waals surface area (Å²) in [6.45, 7) is 2.24. The Morgan fingerprint density at radius 3 is 1.97 bits per heavy atom. The van der Waals surface area contributed by atoms with Crippen LogP contribution < -0.4 is 0 Å². The zero-order chi connectivity index (χ0) is 25.8. The van der Waals surface area contributed by atoms with Crippen molar-refractivity contribution in [2.24, 2.45) is 17.8 Å². The number of aromatic carboxylic acids is 1. The maximum Gasteiger partial charge on any atom is 0.338 e. The highest BCUT2D eigenvalue weighted by Crippen LogP contribution is 2.47. The van der Waals surface area contributed by atoms with Crippen molar-refractivity contribution < 1.29 is 27.5 Å². The number of hydrogen-bond donors (Lipinski definition) is 1. The Bertz CT molecular complexity index is 1040. The molecule has 1 N–H and O–H groups in total. The number of benzene rings is 2. The molecule has 2 fully saturated rings. The van der Waals surface area contributed by atoms with Crippen LogP contribution in [0.3, 0.4) is 0 Å². The first-order valence-electron chi connectivity index (χ1n) is 13.5. The molecule has 2 nitrogen and oxygen atoms in total. The summed E-state index contributed by atoms with van der Waals surface area (Å²) >= 11 is 0. The van der Waals surface area contributed by atoms with Crippen LogP contribution in [0.2, 0.25) is 0 Å². The molecule has 4 rings (SSSR count). The molecule has 0 unspecified atom stereocenters. The van der Waals surface area contributed by atoms with E-state index in [0.717, 1.165) is 49.7 Å². The molecule has 2 aromatic carbocycles. The third-order valence-electron chi connectivity index (χ3n) is 8.66. The topological polar surface area (TPSA) is 37.3 Å². The smallest absolute Gasteiger partial charge is 0.338 e. The van der Waals surface area contributed by atoms with E-state index in [0.29, 0.717) is 11.5 Å². The first-order valence-corrected chi connectivity index (χ1v) is 13.5. The number of carboxylic acid groups (broad SMARTS) is 1. The second kappa shape index (κ2) is 11.8. The fraction of sp³-hybridized carbons (Fsp3) is 0.567. The van der Waals surface area contributed by atoms with Crippen LogP contribution >= 0.6 is 0 Å². The molecule has 0 bridgehead atoms. The minimum atomic E-state index is -1.63. The van der Waals surface area contributed by atoms with Gasteiger partial charge in [-0.3, -0.25) is 0 Å². The van der Waals surface area contributed by atoms with Gasteiger partial charge in [-0.15, -0.1) is 0 Å². The average molecular weight is 505 g/mol. The van der Waals surface area contributed by atoms with Crippen molar-refractivity contribution in [1.82, 2.24) is 0 Å². The molecule has 0 heterocycles. The van der Waals surface area contributed by atoms with E-state index in [1.54, 1.807) is 6.07 Å². The van der Waals surface area contributed by atoms with Crippen molar-refractivity contribution in [1.29, 1.82) is 0 Å². The second-order valence-corrected chi connectivity index (χ2v) is 10.8. The normalized spacial score (nSPS) is 24.6. The minimum Gasteiger partial charge on any atom is -0.478 e. The van der Waals surface area contributed by atoms with Gasteiger partial charge in [-0.25, -0.2) is 22.4 Å². The fourth-order valence-electron chi connectivity index (χ4n) is 6.62. The van der Waals surface area contributed by atoms with E-state index in [1.807, 2.05) is 0 Å². The summed E-state index contributed by atoms with van der Waals surface area (Å²) in [7, 11) is 0. The highest BCUT2D eigenvalue weighted by Gasteiger charge is 2.33. The predicted molar refractivity (Wildman–Crippen MR) is 133 cm³/mol. The Labute approximate surface area is 211 Å². The molecule has 0 amide bonds. The molecule has 0 radical (unpaired) electrons. The fourth-order valence-corrected chi connectivity index (χ4v) is 6.62. The lowest BCUT2D eigenvalue weighted by Crippen LogP contribution is -2.25. The zero-order valence-electron chi connectivity index (χ0n) is 21.0. The molecular formula is C30H36F4O2. The molecule has 6 heteroatoms. The number of unbranched alkanes of at least 4 members (excludes halogenated alkanes) is 2. The number of carboxylic acids is 1. The maximum atomic E-state index is 15.4. The van der Waals surface area contributed by atoms with Gasteiger partial charge in [0.1, 0.15) is 5.82 Å². The monoisotopic (exact) mass is 504 g/mol. The highest BCUT2D eigenvalue weighted by atomic mass is 19.2. The van der Waals surface area contributed by atoms with Gasteiger partial charge < -0.3 is 5.11 Å². The lowest BCUT2D eigenvalue weighted by Gasteiger charge is -2.38. The minimum absolute atomic E-state index is 0.0462. The Kier molecular flexibility index (Phi) is 8.74. The maximum absolute atomic E-state index is 15.4. The van der Waals surface area contributed by atoms with Crippen LogP contribution in [-0.2, 0) is 0 Å². The van der Waals surface area contributed by atoms with Crippen molar-refractivity contribution >= 4 is 5.97 Å². The zero-order valence-corrected chi connectivity index (χ0v) is 21.0. The van der Waals surface area contributed by atoms with Gasteiger partial charge in [-0.2, -0.15) is 0 Å². The van der Waals surface area contributed by atoms with Gasteiger partial charge in [-0.1, -0.05) is 51.5 Å². The summed E-state index contributed by atoms with van der Waals surface area (Å²) in [6.07, 6.45) is 14.0. The van der Waals surface area contributed by atoms with Gasteiger partial charge in [0.2, 0.25) is 0 Å². The third kappa shape index (κ3) is 5.78. The highest BCUT2D eigenvalue weighted by molar-refractivity contribution is 5.90. The van der Waals surface area contributed by atoms with Crippen LogP contribution in [0.4, 0.5) is 17.6 Å². The van der Waals surface area contributed by atoms with Crippen LogP contribution in [0.5, 0.6) is 0 Å². The Morgan fingerprint density at radius 1 is 0.833 bits per heavy atom. The van der Waals surface area contributed by atoms with E-state index < -0.39 is 34.8 Å². The molecule has 0 spiro atoms.